The van der Waals surface area contributed by atoms with Crippen LogP contribution in [0.3, 0.4) is 0 Å². The van der Waals surface area contributed by atoms with Crippen LogP contribution in [0.2, 0.25) is 5.02 Å². The van der Waals surface area contributed by atoms with Gasteiger partial charge in [-0.2, -0.15) is 0 Å². The monoisotopic (exact) mass is 440 g/mol. The van der Waals surface area contributed by atoms with Crippen molar-refractivity contribution in [2.45, 2.75) is 23.2 Å². The number of benzene rings is 2. The van der Waals surface area contributed by atoms with E-state index in [0.717, 1.165) is 5.56 Å². The summed E-state index contributed by atoms with van der Waals surface area (Å²) in [6, 6.07) is 16.4. The fourth-order valence-electron chi connectivity index (χ4n) is 3.16. The van der Waals surface area contributed by atoms with Gasteiger partial charge in [-0.15, -0.1) is 0 Å². The Labute approximate surface area is 181 Å². The number of hydrogen-bond donors (Lipinski definition) is 3. The summed E-state index contributed by atoms with van der Waals surface area (Å²) < 4.78 is 0. The molecule has 152 valence electrons. The van der Waals surface area contributed by atoms with Crippen LogP contribution in [0.1, 0.15) is 23.5 Å². The van der Waals surface area contributed by atoms with Crippen molar-refractivity contribution in [3.8, 4) is 0 Å². The van der Waals surface area contributed by atoms with E-state index in [4.69, 9.17) is 11.6 Å². The van der Waals surface area contributed by atoms with Crippen molar-refractivity contribution >= 4 is 46.7 Å². The third-order valence-corrected chi connectivity index (χ3v) is 5.74. The third-order valence-electron chi connectivity index (χ3n) is 4.56. The molecule has 2 amide bonds. The highest BCUT2D eigenvalue weighted by molar-refractivity contribution is 7.98. The van der Waals surface area contributed by atoms with E-state index in [0.29, 0.717) is 21.6 Å². The molecule has 0 spiro atoms. The van der Waals surface area contributed by atoms with Crippen molar-refractivity contribution in [2.24, 2.45) is 0 Å². The van der Waals surface area contributed by atoms with E-state index in [1.807, 2.05) is 30.3 Å². The van der Waals surface area contributed by atoms with E-state index in [-0.39, 0.29) is 23.7 Å². The molecule has 0 saturated carbocycles. The minimum atomic E-state index is -0.947. The molecule has 1 aromatic heterocycles. The second-order valence-corrected chi connectivity index (χ2v) is 8.11. The molecular formula is C21H17ClN4O3S. The van der Waals surface area contributed by atoms with Crippen molar-refractivity contribution in [1.29, 1.82) is 0 Å². The van der Waals surface area contributed by atoms with Crippen LogP contribution in [0.25, 0.3) is 0 Å². The summed E-state index contributed by atoms with van der Waals surface area (Å²) >= 11 is 7.29. The van der Waals surface area contributed by atoms with E-state index >= 15 is 0 Å². The van der Waals surface area contributed by atoms with Crippen LogP contribution < -0.4 is 16.2 Å². The number of rotatable bonds is 5. The lowest BCUT2D eigenvalue weighted by molar-refractivity contribution is -0.123. The Balaban J connectivity index is 1.58. The summed E-state index contributed by atoms with van der Waals surface area (Å²) in [5, 5.41) is 6.17. The fraction of sp³-hybridized carbons (Fsp3) is 0.143. The van der Waals surface area contributed by atoms with Gasteiger partial charge in [-0.25, -0.2) is 4.98 Å². The van der Waals surface area contributed by atoms with E-state index in [1.54, 1.807) is 24.3 Å². The SMILES string of the molecule is O=C1C[C@H](C(=O)Nc2cccc(Cl)c2)c2c(nc(SCc3ccccc3)[nH]c2=O)N1. The van der Waals surface area contributed by atoms with Crippen LogP contribution in [-0.4, -0.2) is 21.8 Å². The first kappa shape index (κ1) is 20.2. The number of hydrogen-bond acceptors (Lipinski definition) is 5. The molecule has 3 N–H and O–H groups in total. The average Bonchev–Trinajstić information content (AvgIpc) is 2.72. The van der Waals surface area contributed by atoms with Crippen LogP contribution in [0.15, 0.2) is 64.5 Å². The molecule has 3 aromatic rings. The van der Waals surface area contributed by atoms with Gasteiger partial charge in [0.25, 0.3) is 5.56 Å². The van der Waals surface area contributed by atoms with Crippen molar-refractivity contribution < 1.29 is 9.59 Å². The summed E-state index contributed by atoms with van der Waals surface area (Å²) in [5.74, 6) is -1.06. The lowest BCUT2D eigenvalue weighted by Crippen LogP contribution is -2.36. The smallest absolute Gasteiger partial charge is 0.257 e. The molecule has 2 aromatic carbocycles. The van der Waals surface area contributed by atoms with Gasteiger partial charge in [-0.05, 0) is 23.8 Å². The predicted molar refractivity (Wildman–Crippen MR) is 117 cm³/mol. The number of aromatic nitrogens is 2. The summed E-state index contributed by atoms with van der Waals surface area (Å²) in [7, 11) is 0. The Morgan fingerprint density at radius 2 is 1.97 bits per heavy atom. The van der Waals surface area contributed by atoms with Gasteiger partial charge in [0.15, 0.2) is 5.16 Å². The number of nitrogens with one attached hydrogen (secondary N) is 3. The number of nitrogens with zero attached hydrogens (tertiary/aromatic N) is 1. The molecule has 0 fully saturated rings. The summed E-state index contributed by atoms with van der Waals surface area (Å²) in [6.45, 7) is 0. The van der Waals surface area contributed by atoms with E-state index < -0.39 is 17.4 Å². The number of aromatic amines is 1. The van der Waals surface area contributed by atoms with Crippen molar-refractivity contribution in [3.05, 3.63) is 81.1 Å². The Hall–Kier alpha value is -3.10. The zero-order valence-electron chi connectivity index (χ0n) is 15.6. The molecule has 4 rings (SSSR count). The van der Waals surface area contributed by atoms with Gasteiger partial charge in [0.2, 0.25) is 11.8 Å². The maximum Gasteiger partial charge on any atom is 0.257 e. The molecule has 0 aliphatic carbocycles. The molecule has 0 bridgehead atoms. The van der Waals surface area contributed by atoms with Gasteiger partial charge >= 0.3 is 0 Å². The van der Waals surface area contributed by atoms with E-state index in [1.165, 1.54) is 11.8 Å². The first-order valence-electron chi connectivity index (χ1n) is 9.17. The van der Waals surface area contributed by atoms with E-state index in [2.05, 4.69) is 20.6 Å². The highest BCUT2D eigenvalue weighted by Gasteiger charge is 2.34. The standard InChI is InChI=1S/C21H17ClN4O3S/c22-13-7-4-8-14(9-13)23-19(28)15-10-16(27)24-18-17(15)20(29)26-21(25-18)30-11-12-5-2-1-3-6-12/h1-9,15H,10-11H2,(H,23,28)(H2,24,25,26,27,29)/t15-/m0/s1. The van der Waals surface area contributed by atoms with Gasteiger partial charge < -0.3 is 15.6 Å². The number of anilines is 2. The lowest BCUT2D eigenvalue weighted by atomic mass is 9.92. The number of carbonyl (C=O) groups excluding carboxylic acids is 2. The molecule has 9 heteroatoms. The zero-order chi connectivity index (χ0) is 21.1. The van der Waals surface area contributed by atoms with Gasteiger partial charge in [0.1, 0.15) is 5.82 Å². The Morgan fingerprint density at radius 3 is 2.73 bits per heavy atom. The largest absolute Gasteiger partial charge is 0.325 e. The molecule has 0 saturated heterocycles. The van der Waals surface area contributed by atoms with Crippen LogP contribution >= 0.6 is 23.4 Å². The van der Waals surface area contributed by atoms with Gasteiger partial charge in [0, 0.05) is 22.9 Å². The highest BCUT2D eigenvalue weighted by atomic mass is 35.5. The van der Waals surface area contributed by atoms with Crippen molar-refractivity contribution in [3.63, 3.8) is 0 Å². The van der Waals surface area contributed by atoms with Crippen molar-refractivity contribution in [1.82, 2.24) is 9.97 Å². The van der Waals surface area contributed by atoms with Gasteiger partial charge in [-0.1, -0.05) is 59.8 Å². The number of H-pyrrole nitrogens is 1. The fourth-order valence-corrected chi connectivity index (χ4v) is 4.17. The average molecular weight is 441 g/mol. The molecule has 30 heavy (non-hydrogen) atoms. The molecule has 1 aliphatic rings. The first-order valence-corrected chi connectivity index (χ1v) is 10.5. The maximum atomic E-state index is 12.8. The van der Waals surface area contributed by atoms with Crippen LogP contribution in [0.5, 0.6) is 0 Å². The third kappa shape index (κ3) is 4.55. The Kier molecular flexibility index (Phi) is 5.87. The highest BCUT2D eigenvalue weighted by Crippen LogP contribution is 2.31. The number of carbonyl (C=O) groups is 2. The molecule has 0 unspecified atom stereocenters. The van der Waals surface area contributed by atoms with Crippen LogP contribution in [-0.2, 0) is 15.3 Å². The summed E-state index contributed by atoms with van der Waals surface area (Å²) in [4.78, 5) is 44.8. The molecule has 2 heterocycles. The normalized spacial score (nSPS) is 15.2. The maximum absolute atomic E-state index is 12.8. The number of halogens is 1. The molecule has 7 nitrogen and oxygen atoms in total. The van der Waals surface area contributed by atoms with Gasteiger partial charge in [-0.3, -0.25) is 14.4 Å². The number of fused-ring (bicyclic) bond motifs is 1. The van der Waals surface area contributed by atoms with Gasteiger partial charge in [0.05, 0.1) is 11.5 Å². The van der Waals surface area contributed by atoms with E-state index in [9.17, 15) is 14.4 Å². The second-order valence-electron chi connectivity index (χ2n) is 6.71. The quantitative estimate of drug-likeness (QED) is 0.413. The minimum absolute atomic E-state index is 0.122. The molecule has 1 atom stereocenters. The molecular weight excluding hydrogens is 424 g/mol. The van der Waals surface area contributed by atoms with Crippen LogP contribution in [0, 0.1) is 0 Å². The topological polar surface area (TPSA) is 104 Å². The summed E-state index contributed by atoms with van der Waals surface area (Å²) in [6.07, 6.45) is -0.138. The van der Waals surface area contributed by atoms with Crippen molar-refractivity contribution in [2.75, 3.05) is 10.6 Å². The Morgan fingerprint density at radius 1 is 1.17 bits per heavy atom. The minimum Gasteiger partial charge on any atom is -0.325 e. The lowest BCUT2D eigenvalue weighted by Gasteiger charge is -2.23. The molecule has 1 aliphatic heterocycles. The molecule has 0 radical (unpaired) electrons. The summed E-state index contributed by atoms with van der Waals surface area (Å²) in [5.41, 5.74) is 1.27. The second kappa shape index (κ2) is 8.73. The Bertz CT molecular complexity index is 1170. The number of thioether (sulfide) groups is 1. The van der Waals surface area contributed by atoms with Crippen LogP contribution in [0.4, 0.5) is 11.5 Å². The number of amides is 2. The predicted octanol–water partition coefficient (Wildman–Crippen LogP) is 3.78. The first-order chi connectivity index (χ1) is 14.5. The zero-order valence-corrected chi connectivity index (χ0v) is 17.2.